The zero-order chi connectivity index (χ0) is 18.4. The van der Waals surface area contributed by atoms with Gasteiger partial charge in [0.15, 0.2) is 0 Å². The summed E-state index contributed by atoms with van der Waals surface area (Å²) in [5.41, 5.74) is 3.51. The van der Waals surface area contributed by atoms with Gasteiger partial charge in [-0.25, -0.2) is 4.39 Å². The molecule has 1 N–H and O–H groups in total. The smallest absolute Gasteiger partial charge is 0.244 e. The first-order valence-electron chi connectivity index (χ1n) is 8.37. The molecule has 2 aromatic carbocycles. The molecule has 1 aromatic heterocycles. The molecule has 0 saturated heterocycles. The number of aromatic nitrogens is 1. The van der Waals surface area contributed by atoms with Crippen LogP contribution in [0, 0.1) is 5.82 Å². The van der Waals surface area contributed by atoms with Crippen molar-refractivity contribution in [1.29, 1.82) is 0 Å². The van der Waals surface area contributed by atoms with Gasteiger partial charge in [0.2, 0.25) is 5.91 Å². The van der Waals surface area contributed by atoms with E-state index < -0.39 is 0 Å². The molecule has 1 amide bonds. The maximum Gasteiger partial charge on any atom is 0.244 e. The number of hydrogen-bond donors (Lipinski definition) is 1. The van der Waals surface area contributed by atoms with Crippen LogP contribution in [0.25, 0.3) is 17.2 Å². The molecule has 1 atom stereocenters. The van der Waals surface area contributed by atoms with Crippen LogP contribution in [0.4, 0.5) is 4.39 Å². The number of pyridine rings is 1. The standard InChI is InChI=1S/C22H19FN2O/c1-16(25-22(26)10-9-18-5-2-3-8-21(18)23)19-6-4-7-20(15-19)17-11-13-24-14-12-17/h2-16H,1H3,(H,25,26)/b10-9+. The lowest BCUT2D eigenvalue weighted by Gasteiger charge is -2.14. The highest BCUT2D eigenvalue weighted by Gasteiger charge is 2.09. The van der Waals surface area contributed by atoms with Crippen LogP contribution in [0.3, 0.4) is 0 Å². The summed E-state index contributed by atoms with van der Waals surface area (Å²) in [6.07, 6.45) is 6.33. The fourth-order valence-corrected chi connectivity index (χ4v) is 2.65. The fourth-order valence-electron chi connectivity index (χ4n) is 2.65. The molecule has 0 bridgehead atoms. The molecule has 3 rings (SSSR count). The van der Waals surface area contributed by atoms with Gasteiger partial charge in [-0.1, -0.05) is 36.4 Å². The minimum Gasteiger partial charge on any atom is -0.346 e. The van der Waals surface area contributed by atoms with E-state index in [1.165, 1.54) is 18.2 Å². The summed E-state index contributed by atoms with van der Waals surface area (Å²) in [4.78, 5) is 16.2. The Morgan fingerprint density at radius 2 is 1.81 bits per heavy atom. The van der Waals surface area contributed by atoms with Crippen molar-refractivity contribution < 1.29 is 9.18 Å². The quantitative estimate of drug-likeness (QED) is 0.676. The molecule has 3 aromatic rings. The van der Waals surface area contributed by atoms with Crippen molar-refractivity contribution in [3.8, 4) is 11.1 Å². The normalized spacial score (nSPS) is 12.1. The highest BCUT2D eigenvalue weighted by molar-refractivity contribution is 5.92. The van der Waals surface area contributed by atoms with Crippen LogP contribution in [0.15, 0.2) is 79.1 Å². The lowest BCUT2D eigenvalue weighted by molar-refractivity contribution is -0.117. The molecule has 0 aliphatic rings. The number of halogens is 1. The van der Waals surface area contributed by atoms with Gasteiger partial charge < -0.3 is 5.32 Å². The molecule has 0 saturated carbocycles. The van der Waals surface area contributed by atoms with Crippen LogP contribution >= 0.6 is 0 Å². The average Bonchev–Trinajstić information content (AvgIpc) is 2.68. The fraction of sp³-hybridized carbons (Fsp3) is 0.0909. The van der Waals surface area contributed by atoms with Gasteiger partial charge in [-0.05, 0) is 54.0 Å². The number of hydrogen-bond acceptors (Lipinski definition) is 2. The SMILES string of the molecule is CC(NC(=O)/C=C/c1ccccc1F)c1cccc(-c2ccncc2)c1. The molecule has 26 heavy (non-hydrogen) atoms. The van der Waals surface area contributed by atoms with E-state index in [0.29, 0.717) is 5.56 Å². The second-order valence-corrected chi connectivity index (χ2v) is 5.95. The highest BCUT2D eigenvalue weighted by atomic mass is 19.1. The lowest BCUT2D eigenvalue weighted by Crippen LogP contribution is -2.24. The Labute approximate surface area is 152 Å². The van der Waals surface area contributed by atoms with E-state index in [1.807, 2.05) is 43.3 Å². The first-order chi connectivity index (χ1) is 12.6. The molecule has 0 aliphatic carbocycles. The van der Waals surface area contributed by atoms with Gasteiger partial charge in [0, 0.05) is 24.0 Å². The van der Waals surface area contributed by atoms with E-state index in [1.54, 1.807) is 30.6 Å². The number of benzene rings is 2. The second-order valence-electron chi connectivity index (χ2n) is 5.95. The summed E-state index contributed by atoms with van der Waals surface area (Å²) < 4.78 is 13.6. The average molecular weight is 346 g/mol. The van der Waals surface area contributed by atoms with Gasteiger partial charge in [0.25, 0.3) is 0 Å². The molecule has 1 unspecified atom stereocenters. The van der Waals surface area contributed by atoms with Crippen molar-refractivity contribution in [2.45, 2.75) is 13.0 Å². The third-order valence-corrected chi connectivity index (χ3v) is 4.08. The number of carbonyl (C=O) groups excluding carboxylic acids is 1. The van der Waals surface area contributed by atoms with Crippen molar-refractivity contribution in [2.75, 3.05) is 0 Å². The Balaban J connectivity index is 1.69. The van der Waals surface area contributed by atoms with Gasteiger partial charge in [-0.2, -0.15) is 0 Å². The molecule has 0 aliphatic heterocycles. The molecule has 1 heterocycles. The molecule has 4 heteroatoms. The zero-order valence-electron chi connectivity index (χ0n) is 14.4. The number of carbonyl (C=O) groups is 1. The summed E-state index contributed by atoms with van der Waals surface area (Å²) in [7, 11) is 0. The molecule has 0 spiro atoms. The Morgan fingerprint density at radius 3 is 2.58 bits per heavy atom. The van der Waals surface area contributed by atoms with Crippen LogP contribution in [0.5, 0.6) is 0 Å². The summed E-state index contributed by atoms with van der Waals surface area (Å²) in [6, 6.07) is 18.0. The summed E-state index contributed by atoms with van der Waals surface area (Å²) in [6.45, 7) is 1.92. The van der Waals surface area contributed by atoms with Crippen LogP contribution in [-0.4, -0.2) is 10.9 Å². The van der Waals surface area contributed by atoms with Gasteiger partial charge >= 0.3 is 0 Å². The molecule has 0 radical (unpaired) electrons. The topological polar surface area (TPSA) is 42.0 Å². The number of nitrogens with zero attached hydrogens (tertiary/aromatic N) is 1. The van der Waals surface area contributed by atoms with Gasteiger partial charge in [-0.3, -0.25) is 9.78 Å². The third-order valence-electron chi connectivity index (χ3n) is 4.08. The highest BCUT2D eigenvalue weighted by Crippen LogP contribution is 2.22. The van der Waals surface area contributed by atoms with Crippen molar-refractivity contribution in [1.82, 2.24) is 10.3 Å². The molecule has 0 fully saturated rings. The van der Waals surface area contributed by atoms with E-state index in [-0.39, 0.29) is 17.8 Å². The Morgan fingerprint density at radius 1 is 1.04 bits per heavy atom. The van der Waals surface area contributed by atoms with Crippen LogP contribution < -0.4 is 5.32 Å². The van der Waals surface area contributed by atoms with Crippen molar-refractivity contribution in [3.05, 3.63) is 96.1 Å². The Hall–Kier alpha value is -3.27. The largest absolute Gasteiger partial charge is 0.346 e. The van der Waals surface area contributed by atoms with E-state index in [0.717, 1.165) is 16.7 Å². The molecule has 3 nitrogen and oxygen atoms in total. The first kappa shape index (κ1) is 17.5. The van der Waals surface area contributed by atoms with E-state index >= 15 is 0 Å². The minimum atomic E-state index is -0.352. The van der Waals surface area contributed by atoms with Crippen LogP contribution in [0.1, 0.15) is 24.1 Å². The molecule has 130 valence electrons. The first-order valence-corrected chi connectivity index (χ1v) is 8.37. The maximum atomic E-state index is 13.6. The van der Waals surface area contributed by atoms with Crippen molar-refractivity contribution >= 4 is 12.0 Å². The molecular formula is C22H19FN2O. The van der Waals surface area contributed by atoms with Gasteiger partial charge in [0.05, 0.1) is 6.04 Å². The van der Waals surface area contributed by atoms with E-state index in [9.17, 15) is 9.18 Å². The predicted octanol–water partition coefficient (Wildman–Crippen LogP) is 4.78. The number of amides is 1. The van der Waals surface area contributed by atoms with E-state index in [4.69, 9.17) is 0 Å². The van der Waals surface area contributed by atoms with E-state index in [2.05, 4.69) is 10.3 Å². The number of nitrogens with one attached hydrogen (secondary N) is 1. The predicted molar refractivity (Wildman–Crippen MR) is 102 cm³/mol. The summed E-state index contributed by atoms with van der Waals surface area (Å²) in [5, 5.41) is 2.90. The molecular weight excluding hydrogens is 327 g/mol. The van der Waals surface area contributed by atoms with Crippen molar-refractivity contribution in [3.63, 3.8) is 0 Å². The minimum absolute atomic E-state index is 0.172. The maximum absolute atomic E-state index is 13.6. The van der Waals surface area contributed by atoms with Gasteiger partial charge in [0.1, 0.15) is 5.82 Å². The monoisotopic (exact) mass is 346 g/mol. The summed E-state index contributed by atoms with van der Waals surface area (Å²) >= 11 is 0. The Bertz CT molecular complexity index is 922. The van der Waals surface area contributed by atoms with Crippen LogP contribution in [0.2, 0.25) is 0 Å². The summed E-state index contributed by atoms with van der Waals surface area (Å²) in [5.74, 6) is -0.621. The van der Waals surface area contributed by atoms with Crippen molar-refractivity contribution in [2.24, 2.45) is 0 Å². The lowest BCUT2D eigenvalue weighted by atomic mass is 10.0. The number of rotatable bonds is 5. The zero-order valence-corrected chi connectivity index (χ0v) is 14.4. The third kappa shape index (κ3) is 4.42. The van der Waals surface area contributed by atoms with Crippen LogP contribution in [-0.2, 0) is 4.79 Å². The Kier molecular flexibility index (Phi) is 5.54. The second kappa shape index (κ2) is 8.21. The van der Waals surface area contributed by atoms with Gasteiger partial charge in [-0.15, -0.1) is 0 Å².